The summed E-state index contributed by atoms with van der Waals surface area (Å²) in [5, 5.41) is 1.41. The van der Waals surface area contributed by atoms with Crippen molar-refractivity contribution in [2.24, 2.45) is 0 Å². The molecule has 6 nitrogen and oxygen atoms in total. The number of halogens is 1. The number of carbonyl (C=O) groups is 2. The molecule has 1 N–H and O–H groups in total. The van der Waals surface area contributed by atoms with E-state index in [4.69, 9.17) is 4.74 Å². The van der Waals surface area contributed by atoms with Crippen LogP contribution in [0.1, 0.15) is 37.8 Å². The Morgan fingerprint density at radius 1 is 1.10 bits per heavy atom. The van der Waals surface area contributed by atoms with Crippen molar-refractivity contribution in [2.45, 2.75) is 54.9 Å². The van der Waals surface area contributed by atoms with Crippen molar-refractivity contribution < 1.29 is 22.7 Å². The zero-order valence-corrected chi connectivity index (χ0v) is 19.6. The number of amides is 1. The maximum atomic E-state index is 13.4. The Hall–Kier alpha value is -2.19. The summed E-state index contributed by atoms with van der Waals surface area (Å²) in [7, 11) is -3.91. The molecule has 3 rings (SSSR count). The second-order valence-electron chi connectivity index (χ2n) is 8.49. The fraction of sp³-hybridized carbons (Fsp3) is 0.364. The standard InChI is InChI=1S/C22H24BrNO5S/c1-14-5-11-17(12-6-14)30(27,28)19-18(15-7-9-16(23)10-8-15)22(19,13-25)24-20(26)29-21(2,3)4/h5-13,18-19H,1-4H3,(H,24,26)/t18-,19+,22+/m0/s1. The lowest BCUT2D eigenvalue weighted by Crippen LogP contribution is -2.45. The highest BCUT2D eigenvalue weighted by Crippen LogP contribution is 2.56. The number of benzene rings is 2. The van der Waals surface area contributed by atoms with Crippen LogP contribution in [-0.4, -0.2) is 37.2 Å². The molecule has 1 amide bonds. The van der Waals surface area contributed by atoms with Crippen molar-refractivity contribution in [1.82, 2.24) is 5.32 Å². The van der Waals surface area contributed by atoms with Gasteiger partial charge in [-0.3, -0.25) is 0 Å². The molecule has 2 aromatic carbocycles. The van der Waals surface area contributed by atoms with Gasteiger partial charge in [0.1, 0.15) is 22.7 Å². The van der Waals surface area contributed by atoms with Crippen LogP contribution in [0.15, 0.2) is 57.9 Å². The highest BCUT2D eigenvalue weighted by atomic mass is 79.9. The van der Waals surface area contributed by atoms with Gasteiger partial charge in [-0.15, -0.1) is 0 Å². The number of aryl methyl sites for hydroxylation is 1. The fourth-order valence-electron chi connectivity index (χ4n) is 3.60. The van der Waals surface area contributed by atoms with Crippen LogP contribution in [0.4, 0.5) is 4.79 Å². The van der Waals surface area contributed by atoms with Gasteiger partial charge in [0.05, 0.1) is 4.90 Å². The summed E-state index contributed by atoms with van der Waals surface area (Å²) in [5.74, 6) is -0.734. The first-order valence-corrected chi connectivity index (χ1v) is 11.8. The average molecular weight is 494 g/mol. The minimum atomic E-state index is -3.91. The SMILES string of the molecule is Cc1ccc(S(=O)(=O)[C@@H]2[C@H](c3ccc(Br)cc3)[C@@]2(C=O)NC(=O)OC(C)(C)C)cc1. The molecule has 0 saturated heterocycles. The quantitative estimate of drug-likeness (QED) is 0.631. The highest BCUT2D eigenvalue weighted by Gasteiger charge is 2.73. The van der Waals surface area contributed by atoms with E-state index in [1.165, 1.54) is 12.1 Å². The highest BCUT2D eigenvalue weighted by molar-refractivity contribution is 9.10. The molecule has 0 bridgehead atoms. The average Bonchev–Trinajstić information content (AvgIpc) is 3.30. The van der Waals surface area contributed by atoms with Gasteiger partial charge in [0.15, 0.2) is 9.84 Å². The Balaban J connectivity index is 2.04. The fourth-order valence-corrected chi connectivity index (χ4v) is 6.11. The van der Waals surface area contributed by atoms with Gasteiger partial charge >= 0.3 is 6.09 Å². The van der Waals surface area contributed by atoms with Crippen LogP contribution < -0.4 is 5.32 Å². The summed E-state index contributed by atoms with van der Waals surface area (Å²) in [5.41, 5.74) is -0.841. The second kappa shape index (κ2) is 7.81. The number of hydrogen-bond donors (Lipinski definition) is 1. The molecule has 0 radical (unpaired) electrons. The molecule has 2 aromatic rings. The Bertz CT molecular complexity index is 1060. The van der Waals surface area contributed by atoms with Crippen LogP contribution in [0.25, 0.3) is 0 Å². The minimum absolute atomic E-state index is 0.106. The van der Waals surface area contributed by atoms with E-state index in [1.807, 2.05) is 6.92 Å². The molecule has 0 heterocycles. The lowest BCUT2D eigenvalue weighted by atomic mass is 10.1. The molecule has 1 saturated carbocycles. The van der Waals surface area contributed by atoms with E-state index in [0.717, 1.165) is 10.0 Å². The number of alkyl carbamates (subject to hydrolysis) is 1. The van der Waals surface area contributed by atoms with Crippen LogP contribution in [0.5, 0.6) is 0 Å². The van der Waals surface area contributed by atoms with Gasteiger partial charge in [-0.05, 0) is 57.5 Å². The van der Waals surface area contributed by atoms with Gasteiger partial charge in [-0.2, -0.15) is 0 Å². The van der Waals surface area contributed by atoms with E-state index in [9.17, 15) is 18.0 Å². The number of aldehydes is 1. The summed E-state index contributed by atoms with van der Waals surface area (Å²) in [6.07, 6.45) is -0.321. The monoisotopic (exact) mass is 493 g/mol. The van der Waals surface area contributed by atoms with Gasteiger partial charge in [0.25, 0.3) is 0 Å². The van der Waals surface area contributed by atoms with Crippen molar-refractivity contribution in [3.8, 4) is 0 Å². The van der Waals surface area contributed by atoms with Gasteiger partial charge in [0.2, 0.25) is 0 Å². The smallest absolute Gasteiger partial charge is 0.408 e. The van der Waals surface area contributed by atoms with Crippen LogP contribution in [0, 0.1) is 6.92 Å². The van der Waals surface area contributed by atoms with Crippen molar-refractivity contribution in [1.29, 1.82) is 0 Å². The summed E-state index contributed by atoms with van der Waals surface area (Å²) in [4.78, 5) is 24.8. The Morgan fingerprint density at radius 2 is 1.67 bits per heavy atom. The zero-order valence-electron chi connectivity index (χ0n) is 17.2. The molecular weight excluding hydrogens is 470 g/mol. The maximum Gasteiger partial charge on any atom is 0.408 e. The normalized spacial score (nSPS) is 23.5. The second-order valence-corrected chi connectivity index (χ2v) is 11.5. The Labute approximate surface area is 185 Å². The molecule has 0 unspecified atom stereocenters. The summed E-state index contributed by atoms with van der Waals surface area (Å²) < 4.78 is 33.0. The molecule has 0 aliphatic heterocycles. The van der Waals surface area contributed by atoms with E-state index >= 15 is 0 Å². The molecule has 0 aromatic heterocycles. The van der Waals surface area contributed by atoms with Crippen molar-refractivity contribution in [3.63, 3.8) is 0 Å². The number of ether oxygens (including phenoxy) is 1. The number of carbonyl (C=O) groups excluding carboxylic acids is 2. The predicted molar refractivity (Wildman–Crippen MR) is 117 cm³/mol. The Kier molecular flexibility index (Phi) is 5.86. The molecule has 30 heavy (non-hydrogen) atoms. The zero-order chi connectivity index (χ0) is 22.3. The third-order valence-corrected chi connectivity index (χ3v) is 7.79. The van der Waals surface area contributed by atoms with Crippen LogP contribution in [0.2, 0.25) is 0 Å². The molecule has 8 heteroatoms. The molecule has 3 atom stereocenters. The van der Waals surface area contributed by atoms with E-state index in [2.05, 4.69) is 21.2 Å². The number of rotatable bonds is 5. The predicted octanol–water partition coefficient (Wildman–Crippen LogP) is 4.16. The molecule has 160 valence electrons. The van der Waals surface area contributed by atoms with E-state index < -0.39 is 38.2 Å². The molecule has 1 fully saturated rings. The first-order chi connectivity index (χ1) is 13.9. The topological polar surface area (TPSA) is 89.5 Å². The minimum Gasteiger partial charge on any atom is -0.444 e. The molecular formula is C22H24BrNO5S. The van der Waals surface area contributed by atoms with Crippen molar-refractivity contribution in [3.05, 3.63) is 64.1 Å². The lowest BCUT2D eigenvalue weighted by Gasteiger charge is -2.22. The largest absolute Gasteiger partial charge is 0.444 e. The summed E-state index contributed by atoms with van der Waals surface area (Å²) >= 11 is 3.35. The van der Waals surface area contributed by atoms with Gasteiger partial charge in [-0.1, -0.05) is 45.8 Å². The molecule has 0 spiro atoms. The first kappa shape index (κ1) is 22.5. The van der Waals surface area contributed by atoms with Crippen LogP contribution in [-0.2, 0) is 19.4 Å². The summed E-state index contributed by atoms with van der Waals surface area (Å²) in [6.45, 7) is 6.94. The van der Waals surface area contributed by atoms with Gasteiger partial charge in [0, 0.05) is 10.4 Å². The van der Waals surface area contributed by atoms with Crippen LogP contribution >= 0.6 is 15.9 Å². The molecule has 1 aliphatic carbocycles. The van der Waals surface area contributed by atoms with Crippen molar-refractivity contribution in [2.75, 3.05) is 0 Å². The van der Waals surface area contributed by atoms with E-state index in [0.29, 0.717) is 11.8 Å². The number of sulfone groups is 1. The summed E-state index contributed by atoms with van der Waals surface area (Å²) in [6, 6.07) is 13.5. The van der Waals surface area contributed by atoms with E-state index in [1.54, 1.807) is 57.2 Å². The van der Waals surface area contributed by atoms with Gasteiger partial charge < -0.3 is 14.8 Å². The third-order valence-electron chi connectivity index (χ3n) is 5.00. The third kappa shape index (κ3) is 4.30. The lowest BCUT2D eigenvalue weighted by molar-refractivity contribution is -0.110. The maximum absolute atomic E-state index is 13.4. The first-order valence-electron chi connectivity index (χ1n) is 9.44. The van der Waals surface area contributed by atoms with E-state index in [-0.39, 0.29) is 4.90 Å². The van der Waals surface area contributed by atoms with Crippen LogP contribution in [0.3, 0.4) is 0 Å². The molecule has 1 aliphatic rings. The number of nitrogens with one attached hydrogen (secondary N) is 1. The van der Waals surface area contributed by atoms with Crippen molar-refractivity contribution >= 4 is 38.1 Å². The Morgan fingerprint density at radius 3 is 2.17 bits per heavy atom. The van der Waals surface area contributed by atoms with Gasteiger partial charge in [-0.25, -0.2) is 13.2 Å². The number of hydrogen-bond acceptors (Lipinski definition) is 5.